The van der Waals surface area contributed by atoms with Crippen molar-refractivity contribution in [2.75, 3.05) is 24.1 Å². The fraction of sp³-hybridized carbons (Fsp3) is 0.567. The zero-order valence-electron chi connectivity index (χ0n) is 22.9. The van der Waals surface area contributed by atoms with E-state index in [1.807, 2.05) is 12.1 Å². The van der Waals surface area contributed by atoms with Gasteiger partial charge in [0, 0.05) is 36.8 Å². The van der Waals surface area contributed by atoms with E-state index >= 15 is 0 Å². The number of carbonyl (C=O) groups is 1. The molecular weight excluding hydrogens is 498 g/mol. The van der Waals surface area contributed by atoms with Crippen LogP contribution in [0.4, 0.5) is 5.69 Å². The van der Waals surface area contributed by atoms with Gasteiger partial charge in [-0.15, -0.1) is 0 Å². The van der Waals surface area contributed by atoms with Crippen LogP contribution in [0.15, 0.2) is 48.5 Å². The van der Waals surface area contributed by atoms with Crippen molar-refractivity contribution >= 4 is 21.6 Å². The Kier molecular flexibility index (Phi) is 9.71. The van der Waals surface area contributed by atoms with E-state index in [2.05, 4.69) is 34.0 Å². The number of unbranched alkanes of at least 4 members (excludes halogenated alkanes) is 1. The van der Waals surface area contributed by atoms with Crippen LogP contribution in [0.3, 0.4) is 0 Å². The van der Waals surface area contributed by atoms with Gasteiger partial charge in [-0.25, -0.2) is 8.42 Å². The SMILES string of the molecule is CCCCC1(C(=O)NC2CCN(Cc3ccc(Oc4ccc(NS(C)(=O)=O)cc4)cc3)CC2)CCCCC1. The zero-order chi connectivity index (χ0) is 27.0. The topological polar surface area (TPSA) is 87.7 Å². The molecular formula is C30H43N3O4S. The number of piperidine rings is 1. The van der Waals surface area contributed by atoms with Gasteiger partial charge in [0.15, 0.2) is 0 Å². The normalized spacial score (nSPS) is 18.6. The van der Waals surface area contributed by atoms with Crippen LogP contribution in [0.5, 0.6) is 11.5 Å². The summed E-state index contributed by atoms with van der Waals surface area (Å²) in [4.78, 5) is 15.8. The molecule has 2 aromatic carbocycles. The third kappa shape index (κ3) is 8.21. The fourth-order valence-electron chi connectivity index (χ4n) is 5.77. The molecule has 0 bridgehead atoms. The van der Waals surface area contributed by atoms with Crippen LogP contribution in [0.1, 0.15) is 76.7 Å². The lowest BCUT2D eigenvalue weighted by atomic mass is 9.70. The van der Waals surface area contributed by atoms with Gasteiger partial charge < -0.3 is 10.1 Å². The first-order chi connectivity index (χ1) is 18.2. The molecule has 0 aromatic heterocycles. The molecule has 4 rings (SSSR count). The van der Waals surface area contributed by atoms with Gasteiger partial charge in [-0.2, -0.15) is 0 Å². The van der Waals surface area contributed by atoms with Gasteiger partial charge in [0.1, 0.15) is 11.5 Å². The van der Waals surface area contributed by atoms with E-state index in [-0.39, 0.29) is 11.5 Å². The maximum absolute atomic E-state index is 13.3. The minimum Gasteiger partial charge on any atom is -0.457 e. The predicted molar refractivity (Wildman–Crippen MR) is 153 cm³/mol. The summed E-state index contributed by atoms with van der Waals surface area (Å²) in [6.07, 6.45) is 12.2. The van der Waals surface area contributed by atoms with Crippen molar-refractivity contribution < 1.29 is 17.9 Å². The largest absolute Gasteiger partial charge is 0.457 e. The molecule has 0 spiro atoms. The van der Waals surface area contributed by atoms with Crippen molar-refractivity contribution in [3.8, 4) is 11.5 Å². The second-order valence-electron chi connectivity index (χ2n) is 11.1. The van der Waals surface area contributed by atoms with Crippen LogP contribution in [-0.2, 0) is 21.4 Å². The number of nitrogens with zero attached hydrogens (tertiary/aromatic N) is 1. The maximum atomic E-state index is 13.3. The standard InChI is InChI=1S/C30H43N3O4S/c1-3-4-18-30(19-6-5-7-20-30)29(34)31-25-16-21-33(22-17-25)23-24-8-12-27(13-9-24)37-28-14-10-26(11-15-28)32-38(2,35)36/h8-15,25,32H,3-7,16-23H2,1-2H3,(H,31,34). The molecule has 2 fully saturated rings. The van der Waals surface area contributed by atoms with Gasteiger partial charge in [0.2, 0.25) is 15.9 Å². The average molecular weight is 542 g/mol. The highest BCUT2D eigenvalue weighted by Crippen LogP contribution is 2.41. The molecule has 208 valence electrons. The molecule has 1 aliphatic heterocycles. The Morgan fingerprint density at radius 2 is 1.58 bits per heavy atom. The lowest BCUT2D eigenvalue weighted by Gasteiger charge is -2.39. The first-order valence-electron chi connectivity index (χ1n) is 14.1. The molecule has 1 amide bonds. The second kappa shape index (κ2) is 13.0. The summed E-state index contributed by atoms with van der Waals surface area (Å²) in [5.74, 6) is 1.70. The third-order valence-electron chi connectivity index (χ3n) is 7.95. The summed E-state index contributed by atoms with van der Waals surface area (Å²) in [6, 6.07) is 15.2. The summed E-state index contributed by atoms with van der Waals surface area (Å²) in [7, 11) is -3.30. The zero-order valence-corrected chi connectivity index (χ0v) is 23.7. The Bertz CT molecular complexity index is 1140. The van der Waals surface area contributed by atoms with Crippen LogP contribution in [0, 0.1) is 5.41 Å². The van der Waals surface area contributed by atoms with E-state index in [4.69, 9.17) is 4.74 Å². The predicted octanol–water partition coefficient (Wildman–Crippen LogP) is 6.07. The highest BCUT2D eigenvalue weighted by atomic mass is 32.2. The number of nitrogens with one attached hydrogen (secondary N) is 2. The second-order valence-corrected chi connectivity index (χ2v) is 12.9. The number of sulfonamides is 1. The van der Waals surface area contributed by atoms with E-state index in [9.17, 15) is 13.2 Å². The van der Waals surface area contributed by atoms with Crippen LogP contribution in [-0.4, -0.2) is 44.6 Å². The van der Waals surface area contributed by atoms with Gasteiger partial charge in [-0.3, -0.25) is 14.4 Å². The first-order valence-corrected chi connectivity index (χ1v) is 16.0. The van der Waals surface area contributed by atoms with Crippen molar-refractivity contribution in [1.29, 1.82) is 0 Å². The molecule has 1 aliphatic carbocycles. The maximum Gasteiger partial charge on any atom is 0.229 e. The Hall–Kier alpha value is -2.58. The highest BCUT2D eigenvalue weighted by molar-refractivity contribution is 7.92. The summed E-state index contributed by atoms with van der Waals surface area (Å²) in [5, 5.41) is 3.45. The summed E-state index contributed by atoms with van der Waals surface area (Å²) in [6.45, 7) is 5.07. The number of amides is 1. The minimum atomic E-state index is -3.30. The summed E-state index contributed by atoms with van der Waals surface area (Å²) in [5.41, 5.74) is 1.61. The smallest absolute Gasteiger partial charge is 0.229 e. The molecule has 0 atom stereocenters. The Labute approximate surface area is 228 Å². The van der Waals surface area contributed by atoms with Crippen molar-refractivity contribution in [3.63, 3.8) is 0 Å². The summed E-state index contributed by atoms with van der Waals surface area (Å²) >= 11 is 0. The van der Waals surface area contributed by atoms with Crippen LogP contribution < -0.4 is 14.8 Å². The summed E-state index contributed by atoms with van der Waals surface area (Å²) < 4.78 is 31.1. The number of likely N-dealkylation sites (tertiary alicyclic amines) is 1. The average Bonchev–Trinajstić information content (AvgIpc) is 2.90. The van der Waals surface area contributed by atoms with E-state index in [1.54, 1.807) is 24.3 Å². The molecule has 0 unspecified atom stereocenters. The number of benzene rings is 2. The number of anilines is 1. The molecule has 8 heteroatoms. The number of hydrogen-bond acceptors (Lipinski definition) is 5. The fourth-order valence-corrected chi connectivity index (χ4v) is 6.33. The first kappa shape index (κ1) is 28.4. The van der Waals surface area contributed by atoms with Crippen molar-refractivity contribution in [2.45, 2.75) is 83.7 Å². The number of carbonyl (C=O) groups excluding carboxylic acids is 1. The Morgan fingerprint density at radius 1 is 0.974 bits per heavy atom. The molecule has 0 radical (unpaired) electrons. The molecule has 1 heterocycles. The quantitative estimate of drug-likeness (QED) is 0.360. The van der Waals surface area contributed by atoms with E-state index in [0.29, 0.717) is 17.3 Å². The number of rotatable bonds is 11. The molecule has 2 aromatic rings. The molecule has 2 aliphatic rings. The Balaban J connectivity index is 1.23. The van der Waals surface area contributed by atoms with Crippen molar-refractivity contribution in [2.24, 2.45) is 5.41 Å². The molecule has 38 heavy (non-hydrogen) atoms. The lowest BCUT2D eigenvalue weighted by Crippen LogP contribution is -2.50. The monoisotopic (exact) mass is 541 g/mol. The van der Waals surface area contributed by atoms with Crippen molar-refractivity contribution in [3.05, 3.63) is 54.1 Å². The van der Waals surface area contributed by atoms with Crippen LogP contribution in [0.2, 0.25) is 0 Å². The number of ether oxygens (including phenoxy) is 1. The molecule has 7 nitrogen and oxygen atoms in total. The van der Waals surface area contributed by atoms with Crippen molar-refractivity contribution in [1.82, 2.24) is 10.2 Å². The van der Waals surface area contributed by atoms with Gasteiger partial charge in [0.05, 0.1) is 6.26 Å². The molecule has 2 N–H and O–H groups in total. The van der Waals surface area contributed by atoms with E-state index < -0.39 is 10.0 Å². The Morgan fingerprint density at radius 3 is 2.16 bits per heavy atom. The van der Waals surface area contributed by atoms with Gasteiger partial charge in [-0.1, -0.05) is 51.2 Å². The highest BCUT2D eigenvalue weighted by Gasteiger charge is 2.39. The number of hydrogen-bond donors (Lipinski definition) is 2. The van der Waals surface area contributed by atoms with E-state index in [1.165, 1.54) is 24.8 Å². The van der Waals surface area contributed by atoms with Crippen LogP contribution in [0.25, 0.3) is 0 Å². The molecule has 1 saturated carbocycles. The van der Waals surface area contributed by atoms with E-state index in [0.717, 1.165) is 76.6 Å². The van der Waals surface area contributed by atoms with Gasteiger partial charge >= 0.3 is 0 Å². The van der Waals surface area contributed by atoms with Gasteiger partial charge in [-0.05, 0) is 74.1 Å². The third-order valence-corrected chi connectivity index (χ3v) is 8.55. The minimum absolute atomic E-state index is 0.121. The van der Waals surface area contributed by atoms with Crippen LogP contribution >= 0.6 is 0 Å². The lowest BCUT2D eigenvalue weighted by molar-refractivity contribution is -0.134. The molecule has 1 saturated heterocycles. The van der Waals surface area contributed by atoms with Gasteiger partial charge in [0.25, 0.3) is 0 Å².